The van der Waals surface area contributed by atoms with E-state index in [-0.39, 0.29) is 11.5 Å². The molecule has 27 heavy (non-hydrogen) atoms. The van der Waals surface area contributed by atoms with Crippen LogP contribution in [0.2, 0.25) is 0 Å². The Labute approximate surface area is 157 Å². The Kier molecular flexibility index (Phi) is 6.74. The molecule has 146 valence electrons. The number of hydrogen-bond donors (Lipinski definition) is 1. The Bertz CT molecular complexity index is 757. The second-order valence-corrected chi connectivity index (χ2v) is 6.20. The molecule has 0 bridgehead atoms. The fourth-order valence-electron chi connectivity index (χ4n) is 2.85. The minimum Gasteiger partial charge on any atom is -0.494 e. The van der Waals surface area contributed by atoms with Crippen molar-refractivity contribution in [2.24, 2.45) is 5.73 Å². The fourth-order valence-corrected chi connectivity index (χ4v) is 2.85. The van der Waals surface area contributed by atoms with Crippen LogP contribution in [-0.4, -0.2) is 32.3 Å². The first-order valence-electron chi connectivity index (χ1n) is 8.41. The molecule has 0 aliphatic heterocycles. The first-order valence-corrected chi connectivity index (χ1v) is 8.41. The molecule has 0 saturated heterocycles. The van der Waals surface area contributed by atoms with Crippen LogP contribution in [-0.2, 0) is 9.53 Å². The van der Waals surface area contributed by atoms with Crippen molar-refractivity contribution in [3.63, 3.8) is 0 Å². The van der Waals surface area contributed by atoms with Crippen molar-refractivity contribution in [1.82, 2.24) is 0 Å². The molecule has 0 aliphatic rings. The molecule has 5 nitrogen and oxygen atoms in total. The van der Waals surface area contributed by atoms with Crippen LogP contribution in [0.3, 0.4) is 0 Å². The van der Waals surface area contributed by atoms with Gasteiger partial charge in [0.2, 0.25) is 0 Å². The highest BCUT2D eigenvalue weighted by Gasteiger charge is 2.27. The van der Waals surface area contributed by atoms with Gasteiger partial charge < -0.3 is 19.9 Å². The zero-order valence-electron chi connectivity index (χ0n) is 15.7. The molecule has 2 atom stereocenters. The average Bonchev–Trinajstić information content (AvgIpc) is 2.62. The van der Waals surface area contributed by atoms with Gasteiger partial charge in [0.15, 0.2) is 23.1 Å². The highest BCUT2D eigenvalue weighted by molar-refractivity contribution is 5.75. The summed E-state index contributed by atoms with van der Waals surface area (Å²) in [5, 5.41) is 0. The standard InChI is InChI=1S/C20H23F2NO4/c1-11(23)20(24)27-12(2)19(13-5-7-17(25-3)15(21)9-13)14-6-8-18(26-4)16(22)10-14/h5-12,19H,23H2,1-4H3/t11-,12-/m0/s1. The number of ether oxygens (including phenoxy) is 3. The van der Waals surface area contributed by atoms with Crippen LogP contribution in [0.4, 0.5) is 8.78 Å². The van der Waals surface area contributed by atoms with Crippen molar-refractivity contribution in [2.75, 3.05) is 14.2 Å². The summed E-state index contributed by atoms with van der Waals surface area (Å²) in [6.07, 6.45) is -0.718. The summed E-state index contributed by atoms with van der Waals surface area (Å²) in [4.78, 5) is 11.9. The highest BCUT2D eigenvalue weighted by atomic mass is 19.1. The zero-order chi connectivity index (χ0) is 20.1. The molecule has 2 rings (SSSR count). The third-order valence-electron chi connectivity index (χ3n) is 4.21. The molecule has 0 saturated carbocycles. The van der Waals surface area contributed by atoms with Crippen molar-refractivity contribution >= 4 is 5.97 Å². The average molecular weight is 379 g/mol. The summed E-state index contributed by atoms with van der Waals surface area (Å²) in [7, 11) is 2.73. The molecular weight excluding hydrogens is 356 g/mol. The van der Waals surface area contributed by atoms with Crippen molar-refractivity contribution in [3.05, 3.63) is 59.2 Å². The summed E-state index contributed by atoms with van der Waals surface area (Å²) in [5.41, 5.74) is 6.56. The van der Waals surface area contributed by atoms with E-state index in [9.17, 15) is 13.6 Å². The molecule has 2 N–H and O–H groups in total. The van der Waals surface area contributed by atoms with Crippen LogP contribution >= 0.6 is 0 Å². The molecule has 0 unspecified atom stereocenters. The lowest BCUT2D eigenvalue weighted by Gasteiger charge is -2.26. The summed E-state index contributed by atoms with van der Waals surface area (Å²) in [5.74, 6) is -2.19. The third kappa shape index (κ3) is 4.74. The number of nitrogens with two attached hydrogens (primary N) is 1. The first-order chi connectivity index (χ1) is 12.8. The van der Waals surface area contributed by atoms with Crippen molar-refractivity contribution in [2.45, 2.75) is 31.9 Å². The van der Waals surface area contributed by atoms with Crippen LogP contribution in [0.15, 0.2) is 36.4 Å². The Balaban J connectivity index is 2.49. The van der Waals surface area contributed by atoms with E-state index < -0.39 is 35.7 Å². The van der Waals surface area contributed by atoms with Gasteiger partial charge in [0.1, 0.15) is 12.1 Å². The monoisotopic (exact) mass is 379 g/mol. The molecule has 0 radical (unpaired) electrons. The van der Waals surface area contributed by atoms with Crippen LogP contribution in [0.25, 0.3) is 0 Å². The highest BCUT2D eigenvalue weighted by Crippen LogP contribution is 2.34. The molecule has 0 aromatic heterocycles. The van der Waals surface area contributed by atoms with Crippen LogP contribution < -0.4 is 15.2 Å². The topological polar surface area (TPSA) is 70.8 Å². The quantitative estimate of drug-likeness (QED) is 0.747. The van der Waals surface area contributed by atoms with E-state index in [0.29, 0.717) is 11.1 Å². The van der Waals surface area contributed by atoms with Crippen molar-refractivity contribution < 1.29 is 27.8 Å². The second-order valence-electron chi connectivity index (χ2n) is 6.20. The molecule has 0 amide bonds. The van der Waals surface area contributed by atoms with Crippen molar-refractivity contribution in [3.8, 4) is 11.5 Å². The van der Waals surface area contributed by atoms with Gasteiger partial charge in [-0.2, -0.15) is 0 Å². The SMILES string of the molecule is COc1ccc(C(c2ccc(OC)c(F)c2)[C@H](C)OC(=O)[C@H](C)N)cc1F. The van der Waals surface area contributed by atoms with E-state index >= 15 is 0 Å². The van der Waals surface area contributed by atoms with Gasteiger partial charge in [0, 0.05) is 5.92 Å². The van der Waals surface area contributed by atoms with Gasteiger partial charge in [-0.25, -0.2) is 8.78 Å². The largest absolute Gasteiger partial charge is 0.494 e. The van der Waals surface area contributed by atoms with Gasteiger partial charge in [-0.1, -0.05) is 12.1 Å². The lowest BCUT2D eigenvalue weighted by molar-refractivity contribution is -0.149. The van der Waals surface area contributed by atoms with Crippen molar-refractivity contribution in [1.29, 1.82) is 0 Å². The smallest absolute Gasteiger partial charge is 0.322 e. The van der Waals surface area contributed by atoms with Gasteiger partial charge >= 0.3 is 5.97 Å². The number of carbonyl (C=O) groups excluding carboxylic acids is 1. The zero-order valence-corrected chi connectivity index (χ0v) is 15.7. The molecule has 0 fully saturated rings. The van der Waals surface area contributed by atoms with Crippen LogP contribution in [0.1, 0.15) is 30.9 Å². The van der Waals surface area contributed by atoms with Gasteiger partial charge in [-0.3, -0.25) is 4.79 Å². The van der Waals surface area contributed by atoms with Crippen LogP contribution in [0, 0.1) is 11.6 Å². The normalized spacial score (nSPS) is 13.2. The minimum absolute atomic E-state index is 0.0821. The second kappa shape index (κ2) is 8.81. The maximum atomic E-state index is 14.2. The van der Waals surface area contributed by atoms with E-state index in [4.69, 9.17) is 19.9 Å². The lowest BCUT2D eigenvalue weighted by Crippen LogP contribution is -2.33. The van der Waals surface area contributed by atoms with E-state index in [1.54, 1.807) is 19.1 Å². The summed E-state index contributed by atoms with van der Waals surface area (Å²) in [6.45, 7) is 3.15. The maximum Gasteiger partial charge on any atom is 0.322 e. The van der Waals surface area contributed by atoms with Gasteiger partial charge in [-0.15, -0.1) is 0 Å². The summed E-state index contributed by atoms with van der Waals surface area (Å²) < 4.78 is 43.7. The Hall–Kier alpha value is -2.67. The molecule has 7 heteroatoms. The van der Waals surface area contributed by atoms with Crippen LogP contribution in [0.5, 0.6) is 11.5 Å². The number of methoxy groups -OCH3 is 2. The van der Waals surface area contributed by atoms with Gasteiger partial charge in [0.05, 0.1) is 14.2 Å². The fraction of sp³-hybridized carbons (Fsp3) is 0.350. The number of carbonyl (C=O) groups is 1. The number of hydrogen-bond acceptors (Lipinski definition) is 5. The summed E-state index contributed by atoms with van der Waals surface area (Å²) in [6, 6.07) is 7.97. The third-order valence-corrected chi connectivity index (χ3v) is 4.21. The Morgan fingerprint density at radius 3 is 1.70 bits per heavy atom. The van der Waals surface area contributed by atoms with E-state index in [2.05, 4.69) is 0 Å². The van der Waals surface area contributed by atoms with E-state index in [1.807, 2.05) is 0 Å². The Morgan fingerprint density at radius 2 is 1.37 bits per heavy atom. The summed E-state index contributed by atoms with van der Waals surface area (Å²) >= 11 is 0. The molecule has 0 heterocycles. The van der Waals surface area contributed by atoms with E-state index in [1.165, 1.54) is 45.4 Å². The maximum absolute atomic E-state index is 14.2. The number of benzene rings is 2. The lowest BCUT2D eigenvalue weighted by atomic mass is 9.86. The first kappa shape index (κ1) is 20.6. The molecule has 2 aromatic rings. The Morgan fingerprint density at radius 1 is 0.926 bits per heavy atom. The molecular formula is C20H23F2NO4. The molecule has 0 aliphatic carbocycles. The molecule has 0 spiro atoms. The van der Waals surface area contributed by atoms with Gasteiger partial charge in [-0.05, 0) is 49.2 Å². The minimum atomic E-state index is -0.812. The number of rotatable bonds is 7. The van der Waals surface area contributed by atoms with Gasteiger partial charge in [0.25, 0.3) is 0 Å². The van der Waals surface area contributed by atoms with E-state index in [0.717, 1.165) is 0 Å². The number of halogens is 2. The molecule has 2 aromatic carbocycles. The number of esters is 1. The predicted octanol–water partition coefficient (Wildman–Crippen LogP) is 3.39. The predicted molar refractivity (Wildman–Crippen MR) is 97.0 cm³/mol.